The lowest BCUT2D eigenvalue weighted by Gasteiger charge is -2.43. The molecule has 3 aliphatic rings. The number of likely N-dealkylation sites (N-methyl/N-ethyl adjacent to an activating group) is 1. The van der Waals surface area contributed by atoms with Crippen molar-refractivity contribution in [2.45, 2.75) is 38.5 Å². The van der Waals surface area contributed by atoms with Crippen LogP contribution in [-0.2, 0) is 16.0 Å². The van der Waals surface area contributed by atoms with Crippen LogP contribution >= 0.6 is 0 Å². The van der Waals surface area contributed by atoms with Crippen molar-refractivity contribution in [2.75, 3.05) is 46.3 Å². The second-order valence-electron chi connectivity index (χ2n) is 9.47. The summed E-state index contributed by atoms with van der Waals surface area (Å²) in [6, 6.07) is 10.7. The highest BCUT2D eigenvalue weighted by Gasteiger charge is 2.44. The molecular formula is C25H35N3O2. The fourth-order valence-corrected chi connectivity index (χ4v) is 5.39. The lowest BCUT2D eigenvalue weighted by atomic mass is 9.76. The minimum atomic E-state index is -0.418. The van der Waals surface area contributed by atoms with Gasteiger partial charge in [0.1, 0.15) is 0 Å². The lowest BCUT2D eigenvalue weighted by Crippen LogP contribution is -2.54. The van der Waals surface area contributed by atoms with Gasteiger partial charge in [-0.3, -0.25) is 14.5 Å². The van der Waals surface area contributed by atoms with Gasteiger partial charge in [0.2, 0.25) is 11.8 Å². The van der Waals surface area contributed by atoms with Crippen molar-refractivity contribution in [2.24, 2.45) is 11.3 Å². The van der Waals surface area contributed by atoms with E-state index in [0.717, 1.165) is 58.2 Å². The first-order valence-corrected chi connectivity index (χ1v) is 11.5. The van der Waals surface area contributed by atoms with E-state index in [1.165, 1.54) is 5.56 Å². The van der Waals surface area contributed by atoms with Gasteiger partial charge in [0.05, 0.1) is 12.0 Å². The molecule has 2 saturated heterocycles. The molecule has 0 saturated carbocycles. The van der Waals surface area contributed by atoms with Crippen molar-refractivity contribution >= 4 is 11.8 Å². The Morgan fingerprint density at radius 1 is 1.10 bits per heavy atom. The van der Waals surface area contributed by atoms with Gasteiger partial charge in [-0.1, -0.05) is 42.5 Å². The highest BCUT2D eigenvalue weighted by Crippen LogP contribution is 2.37. The van der Waals surface area contributed by atoms with Crippen LogP contribution in [0.3, 0.4) is 0 Å². The average molecular weight is 410 g/mol. The molecular weight excluding hydrogens is 374 g/mol. The number of amides is 2. The molecule has 3 heterocycles. The summed E-state index contributed by atoms with van der Waals surface area (Å²) in [6.07, 6.45) is 10.2. The maximum absolute atomic E-state index is 13.1. The highest BCUT2D eigenvalue weighted by molar-refractivity contribution is 5.85. The van der Waals surface area contributed by atoms with E-state index in [1.807, 2.05) is 16.8 Å². The van der Waals surface area contributed by atoms with E-state index in [4.69, 9.17) is 0 Å². The molecule has 0 unspecified atom stereocenters. The summed E-state index contributed by atoms with van der Waals surface area (Å²) < 4.78 is 0. The Morgan fingerprint density at radius 2 is 1.87 bits per heavy atom. The number of hydrogen-bond donors (Lipinski definition) is 0. The first kappa shape index (κ1) is 21.1. The minimum Gasteiger partial charge on any atom is -0.341 e. The smallest absolute Gasteiger partial charge is 0.236 e. The number of hydrogen-bond acceptors (Lipinski definition) is 3. The number of carbonyl (C=O) groups excluding carboxylic acids is 2. The van der Waals surface area contributed by atoms with Crippen molar-refractivity contribution in [1.82, 2.24) is 14.7 Å². The van der Waals surface area contributed by atoms with Crippen molar-refractivity contribution in [1.29, 1.82) is 0 Å². The molecule has 0 N–H and O–H groups in total. The van der Waals surface area contributed by atoms with E-state index >= 15 is 0 Å². The van der Waals surface area contributed by atoms with Crippen molar-refractivity contribution in [3.05, 3.63) is 48.0 Å². The Kier molecular flexibility index (Phi) is 6.57. The molecule has 5 heteroatoms. The summed E-state index contributed by atoms with van der Waals surface area (Å²) in [4.78, 5) is 32.2. The van der Waals surface area contributed by atoms with Crippen LogP contribution in [0, 0.1) is 11.3 Å². The second-order valence-corrected chi connectivity index (χ2v) is 9.47. The molecule has 2 amide bonds. The van der Waals surface area contributed by atoms with Gasteiger partial charge in [-0.15, -0.1) is 0 Å². The van der Waals surface area contributed by atoms with Gasteiger partial charge in [-0.25, -0.2) is 0 Å². The molecule has 3 aliphatic heterocycles. The van der Waals surface area contributed by atoms with Crippen LogP contribution in [0.25, 0.3) is 0 Å². The molecule has 1 atom stereocenters. The van der Waals surface area contributed by atoms with Gasteiger partial charge in [0.15, 0.2) is 0 Å². The summed E-state index contributed by atoms with van der Waals surface area (Å²) in [7, 11) is 1.88. The summed E-state index contributed by atoms with van der Waals surface area (Å²) in [5, 5.41) is 0. The summed E-state index contributed by atoms with van der Waals surface area (Å²) in [5.41, 5.74) is 0.996. The lowest BCUT2D eigenvalue weighted by molar-refractivity contribution is -0.147. The zero-order chi connectivity index (χ0) is 21.0. The topological polar surface area (TPSA) is 43.9 Å². The number of nitrogens with zero attached hydrogens (tertiary/aromatic N) is 3. The number of piperidine rings is 2. The SMILES string of the molecule is CN1CC=CC[C@]2(CCCN(C(=O)CN3CCC(Cc4ccccc4)CC3)C2)C1=O. The second kappa shape index (κ2) is 9.34. The Labute approximate surface area is 180 Å². The van der Waals surface area contributed by atoms with Crippen LogP contribution < -0.4 is 0 Å². The minimum absolute atomic E-state index is 0.194. The Balaban J connectivity index is 1.29. The Morgan fingerprint density at radius 3 is 2.63 bits per heavy atom. The van der Waals surface area contributed by atoms with E-state index in [9.17, 15) is 9.59 Å². The first-order chi connectivity index (χ1) is 14.6. The van der Waals surface area contributed by atoms with Crippen molar-refractivity contribution in [3.63, 3.8) is 0 Å². The van der Waals surface area contributed by atoms with Gasteiger partial charge >= 0.3 is 0 Å². The standard InChI is InChI=1S/C25H35N3O2/c1-26-14-6-5-12-25(24(26)30)13-7-15-28(20-25)23(29)19-27-16-10-22(11-17-27)18-21-8-3-2-4-9-21/h2-6,8-9,22H,7,10-20H2,1H3/t25-/m1/s1. The fraction of sp³-hybridized carbons (Fsp3) is 0.600. The maximum Gasteiger partial charge on any atom is 0.236 e. The number of likely N-dealkylation sites (tertiary alicyclic amines) is 2. The number of allylic oxidation sites excluding steroid dienone is 1. The molecule has 30 heavy (non-hydrogen) atoms. The zero-order valence-electron chi connectivity index (χ0n) is 18.3. The molecule has 2 fully saturated rings. The molecule has 162 valence electrons. The quantitative estimate of drug-likeness (QED) is 0.718. The predicted octanol–water partition coefficient (Wildman–Crippen LogP) is 2.97. The van der Waals surface area contributed by atoms with Gasteiger partial charge in [-0.2, -0.15) is 0 Å². The van der Waals surface area contributed by atoms with Crippen LogP contribution in [-0.4, -0.2) is 72.8 Å². The van der Waals surface area contributed by atoms with E-state index in [0.29, 0.717) is 25.6 Å². The Hall–Kier alpha value is -2.14. The molecule has 0 bridgehead atoms. The third kappa shape index (κ3) is 4.77. The van der Waals surface area contributed by atoms with Crippen molar-refractivity contribution < 1.29 is 9.59 Å². The predicted molar refractivity (Wildman–Crippen MR) is 119 cm³/mol. The van der Waals surface area contributed by atoms with E-state index < -0.39 is 5.41 Å². The Bertz CT molecular complexity index is 770. The number of benzene rings is 1. The number of carbonyl (C=O) groups is 2. The van der Waals surface area contributed by atoms with Gasteiger partial charge in [-0.05, 0) is 63.1 Å². The molecule has 1 aromatic carbocycles. The van der Waals surface area contributed by atoms with Crippen molar-refractivity contribution in [3.8, 4) is 0 Å². The molecule has 4 rings (SSSR count). The van der Waals surface area contributed by atoms with E-state index in [1.54, 1.807) is 0 Å². The third-order valence-corrected chi connectivity index (χ3v) is 7.22. The highest BCUT2D eigenvalue weighted by atomic mass is 16.2. The zero-order valence-corrected chi connectivity index (χ0v) is 18.3. The normalized spacial score (nSPS) is 26.2. The number of rotatable bonds is 4. The van der Waals surface area contributed by atoms with Crippen LogP contribution in [0.2, 0.25) is 0 Å². The molecule has 0 aliphatic carbocycles. The summed E-state index contributed by atoms with van der Waals surface area (Å²) in [5.74, 6) is 1.11. The van der Waals surface area contributed by atoms with Gasteiger partial charge in [0.25, 0.3) is 0 Å². The van der Waals surface area contributed by atoms with Crippen LogP contribution in [0.1, 0.15) is 37.7 Å². The monoisotopic (exact) mass is 409 g/mol. The van der Waals surface area contributed by atoms with Crippen LogP contribution in [0.15, 0.2) is 42.5 Å². The maximum atomic E-state index is 13.1. The molecule has 1 spiro atoms. The molecule has 0 aromatic heterocycles. The molecule has 0 radical (unpaired) electrons. The van der Waals surface area contributed by atoms with E-state index in [2.05, 4.69) is 47.4 Å². The molecule has 1 aromatic rings. The third-order valence-electron chi connectivity index (χ3n) is 7.22. The van der Waals surface area contributed by atoms with Gasteiger partial charge < -0.3 is 9.80 Å². The van der Waals surface area contributed by atoms with E-state index in [-0.39, 0.29) is 11.8 Å². The van der Waals surface area contributed by atoms with Crippen LogP contribution in [0.4, 0.5) is 0 Å². The fourth-order valence-electron chi connectivity index (χ4n) is 5.39. The summed E-state index contributed by atoms with van der Waals surface area (Å²) >= 11 is 0. The average Bonchev–Trinajstić information content (AvgIpc) is 2.90. The molecule has 5 nitrogen and oxygen atoms in total. The largest absolute Gasteiger partial charge is 0.341 e. The first-order valence-electron chi connectivity index (χ1n) is 11.5. The van der Waals surface area contributed by atoms with Gasteiger partial charge in [0, 0.05) is 26.7 Å². The summed E-state index contributed by atoms with van der Waals surface area (Å²) in [6.45, 7) is 4.51. The van der Waals surface area contributed by atoms with Crippen LogP contribution in [0.5, 0.6) is 0 Å².